The van der Waals surface area contributed by atoms with E-state index in [0.29, 0.717) is 18.9 Å². The number of nitrogens with zero attached hydrogens (tertiary/aromatic N) is 2. The van der Waals surface area contributed by atoms with Gasteiger partial charge in [-0.1, -0.05) is 30.3 Å². The number of hydrogen-bond acceptors (Lipinski definition) is 5. The molecule has 0 bridgehead atoms. The molecule has 1 amide bonds. The van der Waals surface area contributed by atoms with Crippen LogP contribution in [0.5, 0.6) is 0 Å². The monoisotopic (exact) mass is 405 g/mol. The Kier molecular flexibility index (Phi) is 5.65. The number of fused-ring (bicyclic) bond motifs is 3. The highest BCUT2D eigenvalue weighted by Crippen LogP contribution is 2.32. The Balaban J connectivity index is 1.95. The van der Waals surface area contributed by atoms with E-state index in [4.69, 9.17) is 19.2 Å². The summed E-state index contributed by atoms with van der Waals surface area (Å²) in [7, 11) is 4.69. The highest BCUT2D eigenvalue weighted by Gasteiger charge is 2.18. The van der Waals surface area contributed by atoms with Crippen LogP contribution in [0.2, 0.25) is 0 Å². The molecule has 7 nitrogen and oxygen atoms in total. The molecular formula is C23H23N3O4. The number of amides is 1. The van der Waals surface area contributed by atoms with Crippen molar-refractivity contribution in [3.8, 4) is 11.3 Å². The summed E-state index contributed by atoms with van der Waals surface area (Å²) in [6.45, 7) is 0.897. The quantitative estimate of drug-likeness (QED) is 0.506. The van der Waals surface area contributed by atoms with Crippen molar-refractivity contribution in [3.63, 3.8) is 0 Å². The van der Waals surface area contributed by atoms with Gasteiger partial charge in [-0.2, -0.15) is 0 Å². The highest BCUT2D eigenvalue weighted by molar-refractivity contribution is 5.99. The van der Waals surface area contributed by atoms with Crippen LogP contribution in [0.3, 0.4) is 0 Å². The van der Waals surface area contributed by atoms with Crippen molar-refractivity contribution >= 4 is 28.2 Å². The molecule has 0 spiro atoms. The average Bonchev–Trinajstić information content (AvgIpc) is 3.13. The molecule has 154 valence electrons. The van der Waals surface area contributed by atoms with Crippen LogP contribution < -0.4 is 5.32 Å². The summed E-state index contributed by atoms with van der Waals surface area (Å²) in [6, 6.07) is 15.8. The molecule has 7 heteroatoms. The predicted octanol–water partition coefficient (Wildman–Crippen LogP) is 4.63. The third kappa shape index (κ3) is 3.60. The van der Waals surface area contributed by atoms with Gasteiger partial charge in [0.15, 0.2) is 0 Å². The van der Waals surface area contributed by atoms with E-state index in [2.05, 4.69) is 5.32 Å². The fraction of sp³-hybridized carbons (Fsp3) is 0.217. The van der Waals surface area contributed by atoms with E-state index in [1.165, 1.54) is 7.11 Å². The number of carbonyl (C=O) groups excluding carboxylic acids is 1. The van der Waals surface area contributed by atoms with Crippen molar-refractivity contribution in [2.45, 2.75) is 13.2 Å². The van der Waals surface area contributed by atoms with E-state index in [-0.39, 0.29) is 0 Å². The Morgan fingerprint density at radius 2 is 1.83 bits per heavy atom. The van der Waals surface area contributed by atoms with Crippen molar-refractivity contribution in [2.24, 2.45) is 0 Å². The summed E-state index contributed by atoms with van der Waals surface area (Å²) in [5, 5.41) is 4.65. The molecule has 0 unspecified atom stereocenters. The normalized spacial score (nSPS) is 11.2. The van der Waals surface area contributed by atoms with Crippen molar-refractivity contribution in [1.29, 1.82) is 0 Å². The largest absolute Gasteiger partial charge is 0.453 e. The van der Waals surface area contributed by atoms with E-state index < -0.39 is 6.09 Å². The van der Waals surface area contributed by atoms with Crippen LogP contribution in [0.15, 0.2) is 54.7 Å². The van der Waals surface area contributed by atoms with E-state index in [9.17, 15) is 4.79 Å². The van der Waals surface area contributed by atoms with Gasteiger partial charge in [-0.15, -0.1) is 0 Å². The fourth-order valence-corrected chi connectivity index (χ4v) is 3.64. The van der Waals surface area contributed by atoms with Crippen LogP contribution in [0.1, 0.15) is 11.3 Å². The number of anilines is 1. The molecular weight excluding hydrogens is 382 g/mol. The van der Waals surface area contributed by atoms with E-state index in [1.54, 1.807) is 14.2 Å². The molecule has 1 N–H and O–H groups in total. The first-order valence-corrected chi connectivity index (χ1v) is 9.51. The van der Waals surface area contributed by atoms with Crippen molar-refractivity contribution < 1.29 is 19.0 Å². The molecule has 0 radical (unpaired) electrons. The summed E-state index contributed by atoms with van der Waals surface area (Å²) >= 11 is 0. The summed E-state index contributed by atoms with van der Waals surface area (Å²) in [5.41, 5.74) is 5.29. The maximum Gasteiger partial charge on any atom is 0.411 e. The van der Waals surface area contributed by atoms with Crippen molar-refractivity contribution in [2.75, 3.05) is 26.6 Å². The minimum atomic E-state index is -0.515. The smallest absolute Gasteiger partial charge is 0.411 e. The lowest BCUT2D eigenvalue weighted by molar-refractivity contribution is 0.181. The minimum absolute atomic E-state index is 0.406. The van der Waals surface area contributed by atoms with Crippen LogP contribution in [0, 0.1) is 0 Å². The first kappa shape index (κ1) is 19.9. The number of hydrogen-bond donors (Lipinski definition) is 1. The highest BCUT2D eigenvalue weighted by atomic mass is 16.5. The summed E-state index contributed by atoms with van der Waals surface area (Å²) < 4.78 is 17.6. The second kappa shape index (κ2) is 8.52. The molecule has 0 aliphatic rings. The Labute approximate surface area is 174 Å². The van der Waals surface area contributed by atoms with Gasteiger partial charge in [-0.05, 0) is 29.1 Å². The number of imidazole rings is 1. The minimum Gasteiger partial charge on any atom is -0.453 e. The lowest BCUT2D eigenvalue weighted by atomic mass is 10.0. The van der Waals surface area contributed by atoms with Gasteiger partial charge < -0.3 is 18.6 Å². The van der Waals surface area contributed by atoms with Gasteiger partial charge in [0.05, 0.1) is 31.7 Å². The molecule has 4 rings (SSSR count). The number of pyridine rings is 1. The van der Waals surface area contributed by atoms with Crippen molar-refractivity contribution in [3.05, 3.63) is 66.0 Å². The summed E-state index contributed by atoms with van der Waals surface area (Å²) in [5.74, 6) is 0. The maximum absolute atomic E-state index is 11.6. The van der Waals surface area contributed by atoms with E-state index >= 15 is 0 Å². The van der Waals surface area contributed by atoms with Crippen LogP contribution in [-0.4, -0.2) is 36.8 Å². The number of rotatable bonds is 6. The third-order valence-corrected chi connectivity index (χ3v) is 4.99. The Hall–Kier alpha value is -3.42. The summed E-state index contributed by atoms with van der Waals surface area (Å²) in [6.07, 6.45) is 1.48. The number of ether oxygens (including phenoxy) is 3. The maximum atomic E-state index is 11.6. The molecule has 2 aromatic heterocycles. The van der Waals surface area contributed by atoms with Crippen LogP contribution in [-0.2, 0) is 27.4 Å². The van der Waals surface area contributed by atoms with E-state index in [1.807, 2.05) is 59.1 Å². The molecule has 0 aliphatic carbocycles. The zero-order valence-electron chi connectivity index (χ0n) is 17.1. The molecule has 0 aliphatic heterocycles. The zero-order valence-corrected chi connectivity index (χ0v) is 17.1. The number of methoxy groups -OCH3 is 3. The SMILES string of the molecule is COCc1ccccc1-c1nc2c3cc(NC(=O)OC)ccc3ccn2c1COC. The lowest BCUT2D eigenvalue weighted by Gasteiger charge is -2.09. The summed E-state index contributed by atoms with van der Waals surface area (Å²) in [4.78, 5) is 16.6. The molecule has 0 fully saturated rings. The lowest BCUT2D eigenvalue weighted by Crippen LogP contribution is -2.10. The second-order valence-electron chi connectivity index (χ2n) is 6.86. The van der Waals surface area contributed by atoms with Gasteiger partial charge in [0, 0.05) is 37.1 Å². The van der Waals surface area contributed by atoms with Gasteiger partial charge in [-0.3, -0.25) is 5.32 Å². The van der Waals surface area contributed by atoms with Crippen LogP contribution in [0.25, 0.3) is 27.7 Å². The number of carbonyl (C=O) groups is 1. The molecule has 0 saturated heterocycles. The molecule has 4 aromatic rings. The van der Waals surface area contributed by atoms with Crippen LogP contribution >= 0.6 is 0 Å². The molecule has 0 atom stereocenters. The Morgan fingerprint density at radius 1 is 1.03 bits per heavy atom. The molecule has 2 aromatic carbocycles. The number of nitrogens with one attached hydrogen (secondary N) is 1. The van der Waals surface area contributed by atoms with Gasteiger partial charge in [0.25, 0.3) is 0 Å². The fourth-order valence-electron chi connectivity index (χ4n) is 3.64. The standard InChI is InChI=1S/C23H23N3O4/c1-28-13-16-6-4-5-7-18(16)21-20(14-29-2)26-11-10-15-8-9-17(24-23(27)30-3)12-19(15)22(26)25-21/h4-12H,13-14H2,1-3H3,(H,24,27). The second-order valence-corrected chi connectivity index (χ2v) is 6.86. The first-order chi connectivity index (χ1) is 14.7. The number of aromatic nitrogens is 2. The topological polar surface area (TPSA) is 74.1 Å². The average molecular weight is 405 g/mol. The van der Waals surface area contributed by atoms with Gasteiger partial charge in [-0.25, -0.2) is 9.78 Å². The predicted molar refractivity (Wildman–Crippen MR) is 116 cm³/mol. The van der Waals surface area contributed by atoms with Gasteiger partial charge in [0.1, 0.15) is 5.65 Å². The third-order valence-electron chi connectivity index (χ3n) is 4.99. The molecule has 2 heterocycles. The molecule has 30 heavy (non-hydrogen) atoms. The Bertz CT molecular complexity index is 1220. The molecule has 0 saturated carbocycles. The van der Waals surface area contributed by atoms with Gasteiger partial charge >= 0.3 is 6.09 Å². The van der Waals surface area contributed by atoms with Crippen LogP contribution in [0.4, 0.5) is 10.5 Å². The van der Waals surface area contributed by atoms with Crippen molar-refractivity contribution in [1.82, 2.24) is 9.38 Å². The Morgan fingerprint density at radius 3 is 2.60 bits per heavy atom. The number of benzene rings is 2. The van der Waals surface area contributed by atoms with E-state index in [0.717, 1.165) is 38.9 Å². The first-order valence-electron chi connectivity index (χ1n) is 9.51. The zero-order chi connectivity index (χ0) is 21.1. The van der Waals surface area contributed by atoms with Gasteiger partial charge in [0.2, 0.25) is 0 Å².